The summed E-state index contributed by atoms with van der Waals surface area (Å²) in [5.41, 5.74) is 3.45. The molecule has 0 N–H and O–H groups in total. The average molecular weight is 452 g/mol. The molecule has 0 saturated carbocycles. The molecule has 0 bridgehead atoms. The molecule has 2 atom stereocenters. The van der Waals surface area contributed by atoms with E-state index in [2.05, 4.69) is 5.10 Å². The van der Waals surface area contributed by atoms with E-state index < -0.39 is 6.04 Å². The SMILES string of the molecule is CCOC(=O)[C@H]1CCCCN1CC(=O)N1N=C(c2cccc(F)c2)C[C@@H]1c1ccc(C)cc1. The second-order valence-electron chi connectivity index (χ2n) is 8.66. The molecule has 33 heavy (non-hydrogen) atoms. The number of aryl methyl sites for hydroxylation is 1. The van der Waals surface area contributed by atoms with Crippen LogP contribution in [0.25, 0.3) is 0 Å². The molecule has 0 spiro atoms. The first-order valence-corrected chi connectivity index (χ1v) is 11.6. The molecule has 174 valence electrons. The fraction of sp³-hybridized carbons (Fsp3) is 0.423. The van der Waals surface area contributed by atoms with Crippen molar-refractivity contribution in [2.45, 2.75) is 51.6 Å². The average Bonchev–Trinajstić information content (AvgIpc) is 3.26. The van der Waals surface area contributed by atoms with Gasteiger partial charge in [-0.2, -0.15) is 5.10 Å². The van der Waals surface area contributed by atoms with Crippen LogP contribution in [0, 0.1) is 12.7 Å². The van der Waals surface area contributed by atoms with Gasteiger partial charge in [-0.15, -0.1) is 0 Å². The Morgan fingerprint density at radius 1 is 1.15 bits per heavy atom. The van der Waals surface area contributed by atoms with Gasteiger partial charge in [-0.25, -0.2) is 9.40 Å². The molecule has 0 radical (unpaired) electrons. The summed E-state index contributed by atoms with van der Waals surface area (Å²) in [6.07, 6.45) is 3.05. The van der Waals surface area contributed by atoms with Gasteiger partial charge in [0.1, 0.15) is 11.9 Å². The number of hydrogen-bond donors (Lipinski definition) is 0. The highest BCUT2D eigenvalue weighted by Crippen LogP contribution is 2.33. The van der Waals surface area contributed by atoms with E-state index in [-0.39, 0.29) is 30.3 Å². The smallest absolute Gasteiger partial charge is 0.323 e. The number of carbonyl (C=O) groups is 2. The van der Waals surface area contributed by atoms with Gasteiger partial charge in [0.25, 0.3) is 5.91 Å². The Hall–Kier alpha value is -3.06. The van der Waals surface area contributed by atoms with Crippen molar-refractivity contribution in [1.29, 1.82) is 0 Å². The van der Waals surface area contributed by atoms with Gasteiger partial charge < -0.3 is 4.74 Å². The summed E-state index contributed by atoms with van der Waals surface area (Å²) in [5.74, 6) is -0.786. The van der Waals surface area contributed by atoms with Gasteiger partial charge in [-0.3, -0.25) is 14.5 Å². The topological polar surface area (TPSA) is 62.2 Å². The van der Waals surface area contributed by atoms with Crippen LogP contribution in [0.5, 0.6) is 0 Å². The number of hydrazone groups is 1. The van der Waals surface area contributed by atoms with Crippen LogP contribution in [0.4, 0.5) is 4.39 Å². The van der Waals surface area contributed by atoms with Gasteiger partial charge in [-0.05, 0) is 50.9 Å². The lowest BCUT2D eigenvalue weighted by molar-refractivity contribution is -0.152. The highest BCUT2D eigenvalue weighted by molar-refractivity contribution is 6.03. The third-order valence-electron chi connectivity index (χ3n) is 6.30. The van der Waals surface area contributed by atoms with Crippen molar-refractivity contribution in [3.63, 3.8) is 0 Å². The summed E-state index contributed by atoms with van der Waals surface area (Å²) >= 11 is 0. The van der Waals surface area contributed by atoms with E-state index in [4.69, 9.17) is 4.74 Å². The molecular weight excluding hydrogens is 421 g/mol. The van der Waals surface area contributed by atoms with Gasteiger partial charge in [0.2, 0.25) is 0 Å². The van der Waals surface area contributed by atoms with Crippen molar-refractivity contribution in [1.82, 2.24) is 9.91 Å². The molecule has 1 fully saturated rings. The van der Waals surface area contributed by atoms with E-state index in [1.54, 1.807) is 13.0 Å². The number of ether oxygens (including phenoxy) is 1. The van der Waals surface area contributed by atoms with Gasteiger partial charge >= 0.3 is 5.97 Å². The molecule has 2 aromatic rings. The highest BCUT2D eigenvalue weighted by atomic mass is 19.1. The fourth-order valence-electron chi connectivity index (χ4n) is 4.56. The number of likely N-dealkylation sites (tertiary alicyclic amines) is 1. The minimum Gasteiger partial charge on any atom is -0.465 e. The van der Waals surface area contributed by atoms with Crippen LogP contribution in [0.15, 0.2) is 53.6 Å². The molecule has 0 aromatic heterocycles. The third kappa shape index (κ3) is 5.30. The van der Waals surface area contributed by atoms with E-state index >= 15 is 0 Å². The molecule has 2 aromatic carbocycles. The first-order valence-electron chi connectivity index (χ1n) is 11.6. The monoisotopic (exact) mass is 451 g/mol. The lowest BCUT2D eigenvalue weighted by atomic mass is 9.97. The highest BCUT2D eigenvalue weighted by Gasteiger charge is 2.37. The van der Waals surface area contributed by atoms with Crippen LogP contribution in [0.2, 0.25) is 0 Å². The van der Waals surface area contributed by atoms with Crippen LogP contribution in [0.1, 0.15) is 55.3 Å². The summed E-state index contributed by atoms with van der Waals surface area (Å²) in [6, 6.07) is 13.7. The quantitative estimate of drug-likeness (QED) is 0.617. The summed E-state index contributed by atoms with van der Waals surface area (Å²) < 4.78 is 19.1. The zero-order valence-corrected chi connectivity index (χ0v) is 19.2. The van der Waals surface area contributed by atoms with Crippen LogP contribution >= 0.6 is 0 Å². The summed E-state index contributed by atoms with van der Waals surface area (Å²) in [6.45, 7) is 4.88. The maximum absolute atomic E-state index is 13.8. The molecule has 2 aliphatic rings. The van der Waals surface area contributed by atoms with Gasteiger partial charge in [0.15, 0.2) is 0 Å². The number of rotatable bonds is 6. The predicted molar refractivity (Wildman–Crippen MR) is 124 cm³/mol. The number of benzene rings is 2. The number of piperidine rings is 1. The van der Waals surface area contributed by atoms with E-state index in [1.165, 1.54) is 17.1 Å². The van der Waals surface area contributed by atoms with Crippen molar-refractivity contribution >= 4 is 17.6 Å². The van der Waals surface area contributed by atoms with Gasteiger partial charge in [-0.1, -0.05) is 48.4 Å². The maximum Gasteiger partial charge on any atom is 0.323 e. The Bertz CT molecular complexity index is 1040. The number of amides is 1. The Labute approximate surface area is 194 Å². The standard InChI is InChI=1S/C26H30FN3O3/c1-3-33-26(32)23-9-4-5-14-29(23)17-25(31)30-24(19-12-10-18(2)11-13-19)16-22(28-30)20-7-6-8-21(27)15-20/h6-8,10-13,15,23-24H,3-5,9,14,16-17H2,1-2H3/t23-,24-/m1/s1. The van der Waals surface area contributed by atoms with Gasteiger partial charge in [0.05, 0.1) is 24.9 Å². The lowest BCUT2D eigenvalue weighted by Gasteiger charge is -2.34. The largest absolute Gasteiger partial charge is 0.465 e. The van der Waals surface area contributed by atoms with Crippen molar-refractivity contribution in [3.8, 4) is 0 Å². The normalized spacial score (nSPS) is 21.1. The van der Waals surface area contributed by atoms with Crippen molar-refractivity contribution in [2.75, 3.05) is 19.7 Å². The third-order valence-corrected chi connectivity index (χ3v) is 6.30. The van der Waals surface area contributed by atoms with Gasteiger partial charge in [0, 0.05) is 12.0 Å². The number of nitrogens with zero attached hydrogens (tertiary/aromatic N) is 3. The van der Waals surface area contributed by atoms with Crippen LogP contribution in [-0.4, -0.2) is 53.2 Å². The molecule has 1 amide bonds. The number of carbonyl (C=O) groups excluding carboxylic acids is 2. The second kappa shape index (κ2) is 10.3. The Morgan fingerprint density at radius 3 is 2.67 bits per heavy atom. The van der Waals surface area contributed by atoms with Crippen LogP contribution < -0.4 is 0 Å². The second-order valence-corrected chi connectivity index (χ2v) is 8.66. The Balaban J connectivity index is 1.59. The minimum absolute atomic E-state index is 0.0891. The molecule has 7 heteroatoms. The molecular formula is C26H30FN3O3. The molecule has 6 nitrogen and oxygen atoms in total. The fourth-order valence-corrected chi connectivity index (χ4v) is 4.56. The first kappa shape index (κ1) is 23.1. The number of halogens is 1. The lowest BCUT2D eigenvalue weighted by Crippen LogP contribution is -2.49. The van der Waals surface area contributed by atoms with Crippen molar-refractivity contribution in [2.24, 2.45) is 5.10 Å². The molecule has 2 heterocycles. The predicted octanol–water partition coefficient (Wildman–Crippen LogP) is 4.23. The van der Waals surface area contributed by atoms with Crippen molar-refractivity contribution < 1.29 is 18.7 Å². The van der Waals surface area contributed by atoms with E-state index in [0.29, 0.717) is 37.3 Å². The summed E-state index contributed by atoms with van der Waals surface area (Å²) in [7, 11) is 0. The molecule has 4 rings (SSSR count). The van der Waals surface area contributed by atoms with E-state index in [0.717, 1.165) is 24.0 Å². The van der Waals surface area contributed by atoms with Crippen LogP contribution in [-0.2, 0) is 14.3 Å². The zero-order valence-electron chi connectivity index (χ0n) is 19.2. The Kier molecular flexibility index (Phi) is 7.18. The molecule has 0 aliphatic carbocycles. The Morgan fingerprint density at radius 2 is 1.94 bits per heavy atom. The number of esters is 1. The molecule has 0 unspecified atom stereocenters. The summed E-state index contributed by atoms with van der Waals surface area (Å²) in [4.78, 5) is 27.8. The zero-order chi connectivity index (χ0) is 23.4. The maximum atomic E-state index is 13.8. The molecule has 1 saturated heterocycles. The minimum atomic E-state index is -0.408. The van der Waals surface area contributed by atoms with E-state index in [1.807, 2.05) is 42.2 Å². The van der Waals surface area contributed by atoms with E-state index in [9.17, 15) is 14.0 Å². The summed E-state index contributed by atoms with van der Waals surface area (Å²) in [5, 5.41) is 6.16. The van der Waals surface area contributed by atoms with Crippen molar-refractivity contribution in [3.05, 3.63) is 71.0 Å². The number of hydrogen-bond acceptors (Lipinski definition) is 5. The van der Waals surface area contributed by atoms with Crippen LogP contribution in [0.3, 0.4) is 0 Å². The first-order chi connectivity index (χ1) is 16.0. The molecule has 2 aliphatic heterocycles.